The number of nitrogens with zero attached hydrogens (tertiary/aromatic N) is 1. The van der Waals surface area contributed by atoms with Crippen LogP contribution in [-0.4, -0.2) is 33.6 Å². The quantitative estimate of drug-likeness (QED) is 0.443. The average molecular weight is 379 g/mol. The Labute approximate surface area is 152 Å². The van der Waals surface area contributed by atoms with Gasteiger partial charge in [0.15, 0.2) is 11.0 Å². The number of carbonyl (C=O) groups is 2. The van der Waals surface area contributed by atoms with E-state index < -0.39 is 17.3 Å². The van der Waals surface area contributed by atoms with Crippen LogP contribution in [0.4, 0.5) is 15.9 Å². The first-order valence-electron chi connectivity index (χ1n) is 7.65. The van der Waals surface area contributed by atoms with Gasteiger partial charge in [0.1, 0.15) is 11.5 Å². The Kier molecular flexibility index (Phi) is 6.34. The summed E-state index contributed by atoms with van der Waals surface area (Å²) >= 11 is 1.01. The van der Waals surface area contributed by atoms with Crippen LogP contribution in [0.25, 0.3) is 0 Å². The van der Waals surface area contributed by atoms with Gasteiger partial charge < -0.3 is 16.4 Å². The fourth-order valence-electron chi connectivity index (χ4n) is 1.94. The molecule has 5 N–H and O–H groups in total. The second kappa shape index (κ2) is 8.48. The summed E-state index contributed by atoms with van der Waals surface area (Å²) in [6.07, 6.45) is 0. The number of H-pyrrole nitrogens is 1. The number of benzene rings is 1. The van der Waals surface area contributed by atoms with Gasteiger partial charge in [-0.15, -0.1) is 0 Å². The molecule has 0 unspecified atom stereocenters. The molecule has 1 aromatic carbocycles. The van der Waals surface area contributed by atoms with Crippen LogP contribution in [0.3, 0.4) is 0 Å². The lowest BCUT2D eigenvalue weighted by molar-refractivity contribution is -0.119. The molecule has 0 saturated heterocycles. The van der Waals surface area contributed by atoms with E-state index in [0.717, 1.165) is 23.9 Å². The van der Waals surface area contributed by atoms with Gasteiger partial charge in [-0.25, -0.2) is 9.37 Å². The minimum Gasteiger partial charge on any atom is -0.382 e. The molecule has 0 aliphatic carbocycles. The topological polar surface area (TPSA) is 130 Å². The molecule has 2 aromatic rings. The van der Waals surface area contributed by atoms with E-state index in [1.165, 1.54) is 12.1 Å². The Morgan fingerprint density at radius 2 is 1.96 bits per heavy atom. The molecule has 0 atom stereocenters. The lowest BCUT2D eigenvalue weighted by atomic mass is 10.2. The first-order valence-corrected chi connectivity index (χ1v) is 8.63. The number of aromatic amines is 1. The van der Waals surface area contributed by atoms with Gasteiger partial charge in [0.25, 0.3) is 11.5 Å². The molecule has 0 spiro atoms. The zero-order valence-corrected chi connectivity index (χ0v) is 14.9. The molecule has 138 valence electrons. The summed E-state index contributed by atoms with van der Waals surface area (Å²) in [5.41, 5.74) is 5.04. The molecule has 10 heteroatoms. The summed E-state index contributed by atoms with van der Waals surface area (Å²) in [5.74, 6) is -1.44. The lowest BCUT2D eigenvalue weighted by Crippen LogP contribution is -2.31. The van der Waals surface area contributed by atoms with E-state index in [1.54, 1.807) is 0 Å². The second-order valence-electron chi connectivity index (χ2n) is 5.60. The van der Waals surface area contributed by atoms with Crippen LogP contribution in [0.2, 0.25) is 0 Å². The third-order valence-electron chi connectivity index (χ3n) is 3.06. The van der Waals surface area contributed by atoms with Crippen LogP contribution in [-0.2, 0) is 4.79 Å². The number of thioether (sulfide) groups is 1. The summed E-state index contributed by atoms with van der Waals surface area (Å²) in [6.45, 7) is 3.67. The van der Waals surface area contributed by atoms with E-state index >= 15 is 0 Å². The van der Waals surface area contributed by atoms with Gasteiger partial charge in [0.2, 0.25) is 5.91 Å². The van der Waals surface area contributed by atoms with Crippen LogP contribution >= 0.6 is 11.8 Å². The standard InChI is InChI=1S/C16H18FN5O3S/c1-8(2)19-11(23)7-26-16-21-13(18)12(15(25)22-16)20-14(24)9-3-5-10(17)6-4-9/h3-6,8H,7H2,1-2H3,(H,19,23)(H,20,24)(H3,18,21,22,25). The summed E-state index contributed by atoms with van der Waals surface area (Å²) in [4.78, 5) is 42.3. The van der Waals surface area contributed by atoms with Crippen LogP contribution < -0.4 is 21.9 Å². The molecule has 8 nitrogen and oxygen atoms in total. The van der Waals surface area contributed by atoms with E-state index in [0.29, 0.717) is 0 Å². The van der Waals surface area contributed by atoms with Crippen LogP contribution in [0, 0.1) is 5.82 Å². The van der Waals surface area contributed by atoms with Gasteiger partial charge in [-0.3, -0.25) is 19.4 Å². The predicted octanol–water partition coefficient (Wildman–Crippen LogP) is 1.36. The number of carbonyl (C=O) groups excluding carboxylic acids is 2. The number of hydrogen-bond donors (Lipinski definition) is 4. The second-order valence-corrected chi connectivity index (χ2v) is 6.57. The van der Waals surface area contributed by atoms with Gasteiger partial charge in [0.05, 0.1) is 5.75 Å². The zero-order chi connectivity index (χ0) is 19.3. The van der Waals surface area contributed by atoms with Gasteiger partial charge in [-0.1, -0.05) is 11.8 Å². The highest BCUT2D eigenvalue weighted by Crippen LogP contribution is 2.17. The van der Waals surface area contributed by atoms with Crippen molar-refractivity contribution in [3.63, 3.8) is 0 Å². The highest BCUT2D eigenvalue weighted by molar-refractivity contribution is 7.99. The Morgan fingerprint density at radius 1 is 1.31 bits per heavy atom. The van der Waals surface area contributed by atoms with Crippen molar-refractivity contribution >= 4 is 35.1 Å². The summed E-state index contributed by atoms with van der Waals surface area (Å²) < 4.78 is 12.9. The number of nitrogens with one attached hydrogen (secondary N) is 3. The molecule has 1 heterocycles. The van der Waals surface area contributed by atoms with Crippen molar-refractivity contribution in [2.45, 2.75) is 25.0 Å². The van der Waals surface area contributed by atoms with E-state index in [-0.39, 0.29) is 39.9 Å². The maximum atomic E-state index is 12.9. The van der Waals surface area contributed by atoms with E-state index in [1.807, 2.05) is 13.8 Å². The number of amides is 2. The van der Waals surface area contributed by atoms with Crippen molar-refractivity contribution in [2.75, 3.05) is 16.8 Å². The molecule has 0 bridgehead atoms. The number of aromatic nitrogens is 2. The first kappa shape index (κ1) is 19.4. The van der Waals surface area contributed by atoms with Crippen molar-refractivity contribution in [1.82, 2.24) is 15.3 Å². The van der Waals surface area contributed by atoms with Gasteiger partial charge >= 0.3 is 0 Å². The van der Waals surface area contributed by atoms with Crippen LogP contribution in [0.15, 0.2) is 34.2 Å². The van der Waals surface area contributed by atoms with Crippen molar-refractivity contribution in [2.24, 2.45) is 0 Å². The molecule has 0 saturated carbocycles. The smallest absolute Gasteiger partial charge is 0.277 e. The number of anilines is 2. The van der Waals surface area contributed by atoms with Crippen molar-refractivity contribution in [1.29, 1.82) is 0 Å². The van der Waals surface area contributed by atoms with Gasteiger partial charge in [-0.05, 0) is 38.1 Å². The molecular formula is C16H18FN5O3S. The third kappa shape index (κ3) is 5.31. The Bertz CT molecular complexity index is 867. The largest absolute Gasteiger partial charge is 0.382 e. The highest BCUT2D eigenvalue weighted by atomic mass is 32.2. The number of nitrogen functional groups attached to an aromatic ring is 1. The Hall–Kier alpha value is -2.88. The number of hydrogen-bond acceptors (Lipinski definition) is 6. The molecule has 0 aliphatic heterocycles. The highest BCUT2D eigenvalue weighted by Gasteiger charge is 2.15. The molecule has 0 radical (unpaired) electrons. The monoisotopic (exact) mass is 379 g/mol. The minimum absolute atomic E-state index is 0.00391. The molecule has 0 fully saturated rings. The summed E-state index contributed by atoms with van der Waals surface area (Å²) in [5, 5.41) is 5.22. The number of halogens is 1. The molecular weight excluding hydrogens is 361 g/mol. The minimum atomic E-state index is -0.653. The zero-order valence-electron chi connectivity index (χ0n) is 14.1. The van der Waals surface area contributed by atoms with Crippen molar-refractivity contribution in [3.05, 3.63) is 46.0 Å². The molecule has 1 aromatic heterocycles. The molecule has 0 aliphatic rings. The SMILES string of the molecule is CC(C)NC(=O)CSc1nc(N)c(NC(=O)c2ccc(F)cc2)c(=O)[nH]1. The van der Waals surface area contributed by atoms with E-state index in [2.05, 4.69) is 20.6 Å². The lowest BCUT2D eigenvalue weighted by Gasteiger charge is -2.09. The number of nitrogens with two attached hydrogens (primary N) is 1. The van der Waals surface area contributed by atoms with Crippen LogP contribution in [0.5, 0.6) is 0 Å². The van der Waals surface area contributed by atoms with Crippen LogP contribution in [0.1, 0.15) is 24.2 Å². The summed E-state index contributed by atoms with van der Waals surface area (Å²) in [6, 6.07) is 4.81. The van der Waals surface area contributed by atoms with Gasteiger partial charge in [-0.2, -0.15) is 0 Å². The van der Waals surface area contributed by atoms with E-state index in [9.17, 15) is 18.8 Å². The fraction of sp³-hybridized carbons (Fsp3) is 0.250. The molecule has 2 amide bonds. The average Bonchev–Trinajstić information content (AvgIpc) is 2.56. The van der Waals surface area contributed by atoms with E-state index in [4.69, 9.17) is 5.73 Å². The number of rotatable bonds is 6. The maximum absolute atomic E-state index is 12.9. The van der Waals surface area contributed by atoms with Gasteiger partial charge in [0, 0.05) is 11.6 Å². The Balaban J connectivity index is 2.09. The fourth-order valence-corrected chi connectivity index (χ4v) is 2.62. The van der Waals surface area contributed by atoms with Crippen molar-refractivity contribution in [3.8, 4) is 0 Å². The van der Waals surface area contributed by atoms with Crippen molar-refractivity contribution < 1.29 is 14.0 Å². The Morgan fingerprint density at radius 3 is 2.54 bits per heavy atom. The normalized spacial score (nSPS) is 10.6. The third-order valence-corrected chi connectivity index (χ3v) is 3.93. The molecule has 2 rings (SSSR count). The first-order chi connectivity index (χ1) is 12.3. The maximum Gasteiger partial charge on any atom is 0.277 e. The predicted molar refractivity (Wildman–Crippen MR) is 97.6 cm³/mol. The summed E-state index contributed by atoms with van der Waals surface area (Å²) in [7, 11) is 0. The molecule has 26 heavy (non-hydrogen) atoms.